The van der Waals surface area contributed by atoms with Crippen LogP contribution >= 0.6 is 22.9 Å². The molecule has 1 amide bonds. The summed E-state index contributed by atoms with van der Waals surface area (Å²) in [4.78, 5) is 14.5. The lowest BCUT2D eigenvalue weighted by molar-refractivity contribution is 0.0940. The summed E-state index contributed by atoms with van der Waals surface area (Å²) < 4.78 is 0. The van der Waals surface area contributed by atoms with Crippen LogP contribution in [0.2, 0.25) is 0 Å². The zero-order valence-electron chi connectivity index (χ0n) is 10.9. The number of hydrogen-bond donors (Lipinski definition) is 1. The molecule has 1 N–H and O–H groups in total. The number of hydrogen-bond acceptors (Lipinski definition) is 2. The van der Waals surface area contributed by atoms with Gasteiger partial charge in [0, 0.05) is 21.2 Å². The molecule has 0 saturated carbocycles. The minimum absolute atomic E-state index is 0.0268. The van der Waals surface area contributed by atoms with Crippen molar-refractivity contribution >= 4 is 28.8 Å². The van der Waals surface area contributed by atoms with E-state index in [1.807, 2.05) is 19.1 Å². The first-order valence-electron chi connectivity index (χ1n) is 6.12. The van der Waals surface area contributed by atoms with Crippen LogP contribution in [0.3, 0.4) is 0 Å². The van der Waals surface area contributed by atoms with Gasteiger partial charge in [-0.25, -0.2) is 0 Å². The van der Waals surface area contributed by atoms with Crippen molar-refractivity contribution in [2.24, 2.45) is 0 Å². The van der Waals surface area contributed by atoms with E-state index in [0.29, 0.717) is 11.4 Å². The minimum atomic E-state index is -0.0559. The van der Waals surface area contributed by atoms with Gasteiger partial charge in [0.25, 0.3) is 5.91 Å². The summed E-state index contributed by atoms with van der Waals surface area (Å²) >= 11 is 7.43. The first-order valence-corrected chi connectivity index (χ1v) is 7.47. The van der Waals surface area contributed by atoms with Crippen molar-refractivity contribution in [2.45, 2.75) is 25.8 Å². The molecule has 0 aliphatic carbocycles. The fourth-order valence-electron chi connectivity index (χ4n) is 1.78. The first kappa shape index (κ1) is 14.1. The number of thiophene rings is 1. The highest BCUT2D eigenvalue weighted by Crippen LogP contribution is 2.22. The minimum Gasteiger partial charge on any atom is -0.345 e. The van der Waals surface area contributed by atoms with E-state index in [9.17, 15) is 4.79 Å². The first-order chi connectivity index (χ1) is 9.10. The normalized spacial score (nSPS) is 12.2. The Balaban J connectivity index is 2.03. The van der Waals surface area contributed by atoms with Gasteiger partial charge >= 0.3 is 0 Å². The van der Waals surface area contributed by atoms with E-state index in [1.165, 1.54) is 9.75 Å². The number of rotatable bonds is 4. The fraction of sp³-hybridized carbons (Fsp3) is 0.267. The van der Waals surface area contributed by atoms with Crippen molar-refractivity contribution in [3.63, 3.8) is 0 Å². The molecule has 0 radical (unpaired) electrons. The van der Waals surface area contributed by atoms with Crippen molar-refractivity contribution in [3.8, 4) is 0 Å². The van der Waals surface area contributed by atoms with E-state index in [2.05, 4.69) is 24.4 Å². The summed E-state index contributed by atoms with van der Waals surface area (Å²) in [5, 5.41) is 3.00. The number of benzene rings is 1. The molecule has 0 saturated heterocycles. The lowest BCUT2D eigenvalue weighted by atomic mass is 10.1. The predicted molar refractivity (Wildman–Crippen MR) is 80.9 cm³/mol. The van der Waals surface area contributed by atoms with E-state index in [0.717, 1.165) is 5.56 Å². The number of nitrogens with one attached hydrogen (secondary N) is 1. The molecular formula is C15H16ClNOS. The Morgan fingerprint density at radius 1 is 1.26 bits per heavy atom. The summed E-state index contributed by atoms with van der Waals surface area (Å²) in [6.07, 6.45) is 0. The van der Waals surface area contributed by atoms with Crippen molar-refractivity contribution in [1.82, 2.24) is 5.32 Å². The van der Waals surface area contributed by atoms with Gasteiger partial charge in [-0.05, 0) is 43.7 Å². The van der Waals surface area contributed by atoms with Crippen molar-refractivity contribution in [3.05, 3.63) is 57.3 Å². The van der Waals surface area contributed by atoms with E-state index in [-0.39, 0.29) is 11.9 Å². The van der Waals surface area contributed by atoms with Gasteiger partial charge < -0.3 is 5.32 Å². The van der Waals surface area contributed by atoms with Crippen LogP contribution in [0.5, 0.6) is 0 Å². The Labute approximate surface area is 122 Å². The van der Waals surface area contributed by atoms with E-state index >= 15 is 0 Å². The summed E-state index contributed by atoms with van der Waals surface area (Å²) in [7, 11) is 0. The van der Waals surface area contributed by atoms with Crippen LogP contribution in [0.1, 0.15) is 38.6 Å². The van der Waals surface area contributed by atoms with Crippen molar-refractivity contribution < 1.29 is 4.79 Å². The monoisotopic (exact) mass is 293 g/mol. The number of carbonyl (C=O) groups is 1. The molecular weight excluding hydrogens is 278 g/mol. The Hall–Kier alpha value is -1.32. The van der Waals surface area contributed by atoms with Gasteiger partial charge in [0.1, 0.15) is 0 Å². The summed E-state index contributed by atoms with van der Waals surface area (Å²) in [5.41, 5.74) is 1.68. The van der Waals surface area contributed by atoms with E-state index in [1.54, 1.807) is 23.5 Å². The molecule has 0 spiro atoms. The van der Waals surface area contributed by atoms with Gasteiger partial charge in [-0.1, -0.05) is 12.1 Å². The molecule has 1 aromatic carbocycles. The maximum atomic E-state index is 12.1. The average Bonchev–Trinajstić information content (AvgIpc) is 2.85. The SMILES string of the molecule is Cc1ccc(C(C)NC(=O)c2ccc(CCl)cc2)s1. The second-order valence-corrected chi connectivity index (χ2v) is 6.06. The molecule has 0 aliphatic heterocycles. The average molecular weight is 294 g/mol. The quantitative estimate of drug-likeness (QED) is 0.837. The largest absolute Gasteiger partial charge is 0.345 e. The topological polar surface area (TPSA) is 29.1 Å². The molecule has 19 heavy (non-hydrogen) atoms. The Morgan fingerprint density at radius 2 is 1.95 bits per heavy atom. The molecule has 1 aromatic heterocycles. The van der Waals surface area contributed by atoms with Gasteiger partial charge in [0.05, 0.1) is 6.04 Å². The summed E-state index contributed by atoms with van der Waals surface area (Å²) in [6.45, 7) is 4.06. The Bertz CT molecular complexity index is 562. The molecule has 1 heterocycles. The highest BCUT2D eigenvalue weighted by Gasteiger charge is 2.12. The molecule has 0 aliphatic rings. The zero-order valence-corrected chi connectivity index (χ0v) is 12.5. The highest BCUT2D eigenvalue weighted by molar-refractivity contribution is 7.12. The highest BCUT2D eigenvalue weighted by atomic mass is 35.5. The van der Waals surface area contributed by atoms with E-state index in [4.69, 9.17) is 11.6 Å². The summed E-state index contributed by atoms with van der Waals surface area (Å²) in [6, 6.07) is 11.5. The number of aryl methyl sites for hydroxylation is 1. The van der Waals surface area contributed by atoms with Gasteiger partial charge in [-0.2, -0.15) is 0 Å². The second kappa shape index (κ2) is 6.22. The van der Waals surface area contributed by atoms with Gasteiger partial charge in [0.2, 0.25) is 0 Å². The standard InChI is InChI=1S/C15H16ClNOS/c1-10-3-8-14(19-10)11(2)17-15(18)13-6-4-12(9-16)5-7-13/h3-8,11H,9H2,1-2H3,(H,17,18). The van der Waals surface area contributed by atoms with Gasteiger partial charge in [-0.15, -0.1) is 22.9 Å². The van der Waals surface area contributed by atoms with Crippen LogP contribution in [0.4, 0.5) is 0 Å². The Morgan fingerprint density at radius 3 is 2.47 bits per heavy atom. The summed E-state index contributed by atoms with van der Waals surface area (Å²) in [5.74, 6) is 0.409. The van der Waals surface area contributed by atoms with Crippen LogP contribution in [0.15, 0.2) is 36.4 Å². The number of halogens is 1. The second-order valence-electron chi connectivity index (χ2n) is 4.47. The maximum Gasteiger partial charge on any atom is 0.251 e. The molecule has 1 atom stereocenters. The van der Waals surface area contributed by atoms with Crippen LogP contribution in [-0.4, -0.2) is 5.91 Å². The van der Waals surface area contributed by atoms with Crippen LogP contribution in [-0.2, 0) is 5.88 Å². The van der Waals surface area contributed by atoms with E-state index < -0.39 is 0 Å². The molecule has 100 valence electrons. The van der Waals surface area contributed by atoms with Crippen molar-refractivity contribution in [2.75, 3.05) is 0 Å². The molecule has 0 bridgehead atoms. The molecule has 2 aromatic rings. The maximum absolute atomic E-state index is 12.1. The molecule has 1 unspecified atom stereocenters. The predicted octanol–water partition coefficient (Wildman–Crippen LogP) is 4.29. The van der Waals surface area contributed by atoms with Crippen molar-refractivity contribution in [1.29, 1.82) is 0 Å². The smallest absolute Gasteiger partial charge is 0.251 e. The molecule has 0 fully saturated rings. The van der Waals surface area contributed by atoms with Crippen LogP contribution in [0.25, 0.3) is 0 Å². The number of carbonyl (C=O) groups excluding carboxylic acids is 1. The Kier molecular flexibility index (Phi) is 4.61. The molecule has 2 nitrogen and oxygen atoms in total. The van der Waals surface area contributed by atoms with Crippen LogP contribution in [0, 0.1) is 6.92 Å². The van der Waals surface area contributed by atoms with Gasteiger partial charge in [0.15, 0.2) is 0 Å². The third kappa shape index (κ3) is 3.58. The fourth-order valence-corrected chi connectivity index (χ4v) is 2.84. The number of amides is 1. The third-order valence-electron chi connectivity index (χ3n) is 2.91. The van der Waals surface area contributed by atoms with Gasteiger partial charge in [-0.3, -0.25) is 4.79 Å². The lowest BCUT2D eigenvalue weighted by Crippen LogP contribution is -2.26. The van der Waals surface area contributed by atoms with Crippen LogP contribution < -0.4 is 5.32 Å². The zero-order chi connectivity index (χ0) is 13.8. The lowest BCUT2D eigenvalue weighted by Gasteiger charge is -2.12. The third-order valence-corrected chi connectivity index (χ3v) is 4.40. The number of alkyl halides is 1. The molecule has 4 heteroatoms. The molecule has 2 rings (SSSR count).